The average Bonchev–Trinajstić information content (AvgIpc) is 1.94. The number of nitrogens with two attached hydrogens (primary N) is 1. The predicted molar refractivity (Wildman–Crippen MR) is 43.7 cm³/mol. The molecule has 1 heterocycles. The molecule has 1 aromatic rings. The molecule has 3 nitrogen and oxygen atoms in total. The first-order valence-electron chi connectivity index (χ1n) is 3.04. The number of Topliss-reactive ketones (excluding diaryl/α,β-unsaturated/α-hetero) is 1. The van der Waals surface area contributed by atoms with Crippen LogP contribution in [-0.4, -0.2) is 10.8 Å². The Bertz CT molecular complexity index is 298. The van der Waals surface area contributed by atoms with Crippen molar-refractivity contribution in [3.8, 4) is 0 Å². The Balaban J connectivity index is 3.27. The van der Waals surface area contributed by atoms with Crippen LogP contribution in [0.3, 0.4) is 0 Å². The molecule has 1 aromatic heterocycles. The lowest BCUT2D eigenvalue weighted by molar-refractivity contribution is 0.101. The van der Waals surface area contributed by atoms with Crippen molar-refractivity contribution in [1.82, 2.24) is 4.98 Å². The van der Waals surface area contributed by atoms with Crippen LogP contribution in [-0.2, 0) is 0 Å². The van der Waals surface area contributed by atoms with Gasteiger partial charge in [0.25, 0.3) is 0 Å². The average molecular weight is 171 g/mol. The fourth-order valence-corrected chi connectivity index (χ4v) is 0.913. The van der Waals surface area contributed by atoms with Gasteiger partial charge in [-0.15, -0.1) is 0 Å². The number of hydrogen-bond acceptors (Lipinski definition) is 3. The lowest BCUT2D eigenvalue weighted by atomic mass is 10.2. The van der Waals surface area contributed by atoms with E-state index in [-0.39, 0.29) is 16.6 Å². The number of carbonyl (C=O) groups is 1. The molecule has 0 saturated carbocycles. The maximum absolute atomic E-state index is 10.9. The number of ketones is 1. The van der Waals surface area contributed by atoms with Crippen molar-refractivity contribution in [3.63, 3.8) is 0 Å². The van der Waals surface area contributed by atoms with Gasteiger partial charge in [-0.1, -0.05) is 11.6 Å². The summed E-state index contributed by atoms with van der Waals surface area (Å²) in [6, 6.07) is 1.55. The topological polar surface area (TPSA) is 56.0 Å². The number of carbonyl (C=O) groups excluding carboxylic acids is 1. The van der Waals surface area contributed by atoms with Crippen LogP contribution < -0.4 is 5.73 Å². The third-order valence-corrected chi connectivity index (χ3v) is 1.62. The Labute approximate surface area is 69.2 Å². The Hall–Kier alpha value is -1.09. The van der Waals surface area contributed by atoms with E-state index >= 15 is 0 Å². The summed E-state index contributed by atoms with van der Waals surface area (Å²) in [4.78, 5) is 14.6. The molecule has 0 fully saturated rings. The molecule has 2 N–H and O–H groups in total. The molecule has 0 aliphatic heterocycles. The number of nitrogens with zero attached hydrogens (tertiary/aromatic N) is 1. The highest BCUT2D eigenvalue weighted by Gasteiger charge is 2.06. The van der Waals surface area contributed by atoms with Crippen LogP contribution in [0.25, 0.3) is 0 Å². The van der Waals surface area contributed by atoms with E-state index in [0.29, 0.717) is 5.56 Å². The SMILES string of the molecule is CC(=O)c1ccnc(Cl)c1N. The molecule has 11 heavy (non-hydrogen) atoms. The molecule has 0 spiro atoms. The highest BCUT2D eigenvalue weighted by atomic mass is 35.5. The second kappa shape index (κ2) is 2.88. The van der Waals surface area contributed by atoms with Crippen molar-refractivity contribution < 1.29 is 4.79 Å². The summed E-state index contributed by atoms with van der Waals surface area (Å²) in [5.74, 6) is -0.105. The van der Waals surface area contributed by atoms with E-state index in [2.05, 4.69) is 4.98 Å². The monoisotopic (exact) mass is 170 g/mol. The van der Waals surface area contributed by atoms with Crippen LogP contribution in [0.15, 0.2) is 12.3 Å². The van der Waals surface area contributed by atoms with Crippen LogP contribution >= 0.6 is 11.6 Å². The largest absolute Gasteiger partial charge is 0.396 e. The van der Waals surface area contributed by atoms with E-state index in [1.165, 1.54) is 13.1 Å². The van der Waals surface area contributed by atoms with Crippen molar-refractivity contribution in [2.75, 3.05) is 5.73 Å². The fourth-order valence-electron chi connectivity index (χ4n) is 0.755. The number of aromatic nitrogens is 1. The minimum Gasteiger partial charge on any atom is -0.396 e. The third-order valence-electron chi connectivity index (χ3n) is 1.32. The maximum Gasteiger partial charge on any atom is 0.162 e. The Kier molecular flexibility index (Phi) is 2.10. The molecule has 58 valence electrons. The van der Waals surface area contributed by atoms with E-state index in [9.17, 15) is 4.79 Å². The minimum absolute atomic E-state index is 0.105. The maximum atomic E-state index is 10.9. The summed E-state index contributed by atoms with van der Waals surface area (Å²) in [6.45, 7) is 1.43. The van der Waals surface area contributed by atoms with Crippen molar-refractivity contribution >= 4 is 23.1 Å². The Morgan fingerprint density at radius 3 is 2.82 bits per heavy atom. The molecular formula is C7H7ClN2O. The molecule has 0 bridgehead atoms. The zero-order valence-corrected chi connectivity index (χ0v) is 6.72. The van der Waals surface area contributed by atoms with Gasteiger partial charge in [-0.2, -0.15) is 0 Å². The van der Waals surface area contributed by atoms with E-state index in [1.807, 2.05) is 0 Å². The summed E-state index contributed by atoms with van der Waals surface area (Å²) in [5.41, 5.74) is 6.14. The number of hydrogen-bond donors (Lipinski definition) is 1. The summed E-state index contributed by atoms with van der Waals surface area (Å²) in [6.07, 6.45) is 1.45. The smallest absolute Gasteiger partial charge is 0.162 e. The molecular weight excluding hydrogens is 164 g/mol. The predicted octanol–water partition coefficient (Wildman–Crippen LogP) is 1.52. The van der Waals surface area contributed by atoms with Crippen LogP contribution in [0.1, 0.15) is 17.3 Å². The number of nitrogen functional groups attached to an aromatic ring is 1. The minimum atomic E-state index is -0.105. The first-order valence-corrected chi connectivity index (χ1v) is 3.41. The molecule has 0 unspecified atom stereocenters. The van der Waals surface area contributed by atoms with Gasteiger partial charge in [-0.05, 0) is 13.0 Å². The van der Waals surface area contributed by atoms with Crippen LogP contribution in [0, 0.1) is 0 Å². The number of anilines is 1. The van der Waals surface area contributed by atoms with Crippen molar-refractivity contribution in [2.24, 2.45) is 0 Å². The van der Waals surface area contributed by atoms with Crippen molar-refractivity contribution in [2.45, 2.75) is 6.92 Å². The van der Waals surface area contributed by atoms with Gasteiger partial charge in [0.1, 0.15) is 0 Å². The van der Waals surface area contributed by atoms with Crippen LogP contribution in [0.2, 0.25) is 5.15 Å². The van der Waals surface area contributed by atoms with Gasteiger partial charge < -0.3 is 5.73 Å². The first kappa shape index (κ1) is 8.01. The van der Waals surface area contributed by atoms with Crippen LogP contribution in [0.5, 0.6) is 0 Å². The van der Waals surface area contributed by atoms with E-state index in [0.717, 1.165) is 0 Å². The van der Waals surface area contributed by atoms with E-state index in [1.54, 1.807) is 6.07 Å². The number of rotatable bonds is 1. The number of halogens is 1. The van der Waals surface area contributed by atoms with Crippen molar-refractivity contribution in [1.29, 1.82) is 0 Å². The summed E-state index contributed by atoms with van der Waals surface area (Å²) < 4.78 is 0. The summed E-state index contributed by atoms with van der Waals surface area (Å²) in [5, 5.41) is 0.178. The quantitative estimate of drug-likeness (QED) is 0.514. The van der Waals surface area contributed by atoms with Crippen LogP contribution in [0.4, 0.5) is 5.69 Å². The van der Waals surface area contributed by atoms with Gasteiger partial charge in [0.05, 0.1) is 5.69 Å². The molecule has 0 aromatic carbocycles. The zero-order chi connectivity index (χ0) is 8.43. The van der Waals surface area contributed by atoms with Gasteiger partial charge in [0, 0.05) is 11.8 Å². The fraction of sp³-hybridized carbons (Fsp3) is 0.143. The molecule has 0 aliphatic carbocycles. The Morgan fingerprint density at radius 1 is 1.73 bits per heavy atom. The second-order valence-corrected chi connectivity index (χ2v) is 2.48. The number of pyridine rings is 1. The zero-order valence-electron chi connectivity index (χ0n) is 5.97. The van der Waals surface area contributed by atoms with Crippen molar-refractivity contribution in [3.05, 3.63) is 23.0 Å². The van der Waals surface area contributed by atoms with E-state index in [4.69, 9.17) is 17.3 Å². The molecule has 4 heteroatoms. The lowest BCUT2D eigenvalue weighted by Crippen LogP contribution is -2.00. The molecule has 0 amide bonds. The highest BCUT2D eigenvalue weighted by Crippen LogP contribution is 2.19. The Morgan fingerprint density at radius 2 is 2.36 bits per heavy atom. The highest BCUT2D eigenvalue weighted by molar-refractivity contribution is 6.32. The first-order chi connectivity index (χ1) is 5.13. The van der Waals surface area contributed by atoms with Gasteiger partial charge in [-0.3, -0.25) is 4.79 Å². The molecule has 0 radical (unpaired) electrons. The molecule has 0 atom stereocenters. The normalized spacial score (nSPS) is 9.64. The molecule has 0 saturated heterocycles. The summed E-state index contributed by atoms with van der Waals surface area (Å²) >= 11 is 5.57. The third kappa shape index (κ3) is 1.49. The molecule has 1 rings (SSSR count). The van der Waals surface area contributed by atoms with Gasteiger partial charge in [0.2, 0.25) is 0 Å². The standard InChI is InChI=1S/C7H7ClN2O/c1-4(11)5-2-3-10-7(8)6(5)9/h2-3H,9H2,1H3. The van der Waals surface area contributed by atoms with E-state index < -0.39 is 0 Å². The second-order valence-electron chi connectivity index (χ2n) is 2.12. The van der Waals surface area contributed by atoms with Gasteiger partial charge in [-0.25, -0.2) is 4.98 Å². The van der Waals surface area contributed by atoms with Gasteiger partial charge >= 0.3 is 0 Å². The lowest BCUT2D eigenvalue weighted by Gasteiger charge is -2.00. The summed E-state index contributed by atoms with van der Waals surface area (Å²) in [7, 11) is 0. The van der Waals surface area contributed by atoms with Gasteiger partial charge in [0.15, 0.2) is 10.9 Å². The molecule has 0 aliphatic rings.